The van der Waals surface area contributed by atoms with Gasteiger partial charge in [-0.25, -0.2) is 0 Å². The maximum atomic E-state index is 4.55. The summed E-state index contributed by atoms with van der Waals surface area (Å²) in [5, 5.41) is 0. The van der Waals surface area contributed by atoms with Crippen molar-refractivity contribution in [2.45, 2.75) is 64.2 Å². The molecule has 0 atom stereocenters. The van der Waals surface area contributed by atoms with E-state index in [4.69, 9.17) is 0 Å². The molecule has 0 bridgehead atoms. The highest BCUT2D eigenvalue weighted by Gasteiger charge is 2.22. The van der Waals surface area contributed by atoms with Crippen LogP contribution in [-0.2, 0) is 0 Å². The number of hydrogen-bond acceptors (Lipinski definition) is 7. The lowest BCUT2D eigenvalue weighted by Crippen LogP contribution is -2.50. The van der Waals surface area contributed by atoms with Crippen LogP contribution in [0.1, 0.15) is 64.2 Å². The van der Waals surface area contributed by atoms with Crippen molar-refractivity contribution in [1.82, 2.24) is 19.6 Å². The number of hydrogen-bond donors (Lipinski definition) is 0. The lowest BCUT2D eigenvalue weighted by atomic mass is 10.2. The normalized spacial score (nSPS) is 25.3. The smallest absolute Gasteiger partial charge is 0.196 e. The van der Waals surface area contributed by atoms with Gasteiger partial charge in [0.25, 0.3) is 0 Å². The molecule has 0 radical (unpaired) electrons. The average Bonchev–Trinajstić information content (AvgIpc) is 3.17. The number of aliphatic imine (C=N–C) groups is 3. The fraction of sp³-hybridized carbons (Fsp3) is 0.875. The summed E-state index contributed by atoms with van der Waals surface area (Å²) in [6.45, 7) is 11.8. The van der Waals surface area contributed by atoms with E-state index in [1.54, 1.807) is 0 Å². The minimum atomic E-state index is 1.02. The van der Waals surface area contributed by atoms with Crippen molar-refractivity contribution in [3.05, 3.63) is 0 Å². The first-order valence-corrected chi connectivity index (χ1v) is 12.9. The van der Waals surface area contributed by atoms with Gasteiger partial charge >= 0.3 is 0 Å². The van der Waals surface area contributed by atoms with E-state index >= 15 is 0 Å². The zero-order valence-corrected chi connectivity index (χ0v) is 19.8. The van der Waals surface area contributed by atoms with Crippen molar-refractivity contribution in [1.29, 1.82) is 0 Å². The third-order valence-electron chi connectivity index (χ3n) is 7.03. The molecular weight excluding hydrogens is 386 g/mol. The molecule has 3 fully saturated rings. The van der Waals surface area contributed by atoms with Gasteiger partial charge in [0.15, 0.2) is 5.96 Å². The first kappa shape index (κ1) is 22.4. The van der Waals surface area contributed by atoms with Gasteiger partial charge in [-0.15, -0.1) is 0 Å². The van der Waals surface area contributed by atoms with Crippen LogP contribution >= 0.6 is 0 Å². The fourth-order valence-corrected chi connectivity index (χ4v) is 5.36. The Hall–Kier alpha value is -1.79. The van der Waals surface area contributed by atoms with Crippen LogP contribution in [-0.4, -0.2) is 110 Å². The van der Waals surface area contributed by atoms with Gasteiger partial charge in [-0.3, -0.25) is 15.0 Å². The van der Waals surface area contributed by atoms with Gasteiger partial charge in [0.05, 0.1) is 11.7 Å². The van der Waals surface area contributed by atoms with Crippen LogP contribution in [0, 0.1) is 0 Å². The van der Waals surface area contributed by atoms with E-state index in [0.29, 0.717) is 0 Å². The lowest BCUT2D eigenvalue weighted by Gasteiger charge is -2.39. The molecule has 6 aliphatic rings. The monoisotopic (exact) mass is 429 g/mol. The van der Waals surface area contributed by atoms with E-state index in [0.717, 1.165) is 19.6 Å². The molecule has 0 amide bonds. The highest BCUT2D eigenvalue weighted by Crippen LogP contribution is 2.16. The number of fused-ring (bicyclic) bond motifs is 3. The maximum Gasteiger partial charge on any atom is 0.196 e. The lowest BCUT2D eigenvalue weighted by molar-refractivity contribution is 0.269. The molecule has 0 spiro atoms. The largest absolute Gasteiger partial charge is 0.360 e. The summed E-state index contributed by atoms with van der Waals surface area (Å²) in [6, 6.07) is 0. The first-order chi connectivity index (χ1) is 15.3. The predicted molar refractivity (Wildman–Crippen MR) is 130 cm³/mol. The van der Waals surface area contributed by atoms with Gasteiger partial charge in [0, 0.05) is 85.3 Å². The minimum absolute atomic E-state index is 1.02. The van der Waals surface area contributed by atoms with Crippen LogP contribution in [0.4, 0.5) is 0 Å². The van der Waals surface area contributed by atoms with Gasteiger partial charge in [0.2, 0.25) is 0 Å². The molecule has 0 aromatic heterocycles. The Labute approximate surface area is 189 Å². The summed E-state index contributed by atoms with van der Waals surface area (Å²) in [4.78, 5) is 23.1. The molecule has 0 unspecified atom stereocenters. The number of guanidine groups is 1. The van der Waals surface area contributed by atoms with Crippen molar-refractivity contribution in [3.8, 4) is 0 Å². The third kappa shape index (κ3) is 6.36. The zero-order chi connectivity index (χ0) is 21.3. The molecular formula is C24H43N7. The van der Waals surface area contributed by atoms with Crippen LogP contribution in [0.25, 0.3) is 0 Å². The van der Waals surface area contributed by atoms with E-state index in [2.05, 4.69) is 41.6 Å². The molecule has 6 rings (SSSR count). The number of rotatable bonds is 0. The summed E-state index contributed by atoms with van der Waals surface area (Å²) in [5.74, 6) is 4.00. The van der Waals surface area contributed by atoms with E-state index in [1.807, 2.05) is 0 Å². The van der Waals surface area contributed by atoms with Gasteiger partial charge < -0.3 is 19.6 Å². The van der Waals surface area contributed by atoms with E-state index in [-0.39, 0.29) is 0 Å². The summed E-state index contributed by atoms with van der Waals surface area (Å²) >= 11 is 0. The second kappa shape index (κ2) is 11.7. The Morgan fingerprint density at radius 1 is 0.484 bits per heavy atom. The molecule has 3 saturated heterocycles. The number of amidine groups is 2. The fourth-order valence-electron chi connectivity index (χ4n) is 5.36. The Morgan fingerprint density at radius 3 is 1.74 bits per heavy atom. The first-order valence-electron chi connectivity index (χ1n) is 12.9. The molecule has 6 aliphatic heterocycles. The van der Waals surface area contributed by atoms with Gasteiger partial charge in [-0.1, -0.05) is 6.42 Å². The molecule has 0 aromatic carbocycles. The van der Waals surface area contributed by atoms with Crippen LogP contribution in [0.15, 0.2) is 15.0 Å². The van der Waals surface area contributed by atoms with E-state index < -0.39 is 0 Å². The molecule has 7 nitrogen and oxygen atoms in total. The van der Waals surface area contributed by atoms with E-state index in [1.165, 1.54) is 128 Å². The predicted octanol–water partition coefficient (Wildman–Crippen LogP) is 2.93. The Bertz CT molecular complexity index is 656. The Balaban J connectivity index is 0.000000113. The SMILES string of the molecule is C1CCC2=NCCCN2CC1.C1CN=C2CCCN2C1.CN1CCCN2CCCN=C12. The van der Waals surface area contributed by atoms with Crippen LogP contribution in [0.3, 0.4) is 0 Å². The number of nitrogens with zero attached hydrogens (tertiary/aromatic N) is 7. The quantitative estimate of drug-likeness (QED) is 0.594. The second-order valence-electron chi connectivity index (χ2n) is 9.49. The molecule has 31 heavy (non-hydrogen) atoms. The zero-order valence-electron chi connectivity index (χ0n) is 19.8. The standard InChI is InChI=1S/C9H16N2.C8H15N3.C7H12N2/c1-2-5-9-10-6-4-8-11(9)7-3-1;1-10-5-3-7-11-6-2-4-9-8(10)11;1-3-7-8-4-2-6-9(7)5-1/h1-8H2;2-7H2,1H3;1-6H2. The Morgan fingerprint density at radius 2 is 1.03 bits per heavy atom. The molecule has 7 heteroatoms. The van der Waals surface area contributed by atoms with Crippen molar-refractivity contribution >= 4 is 17.6 Å². The summed E-state index contributed by atoms with van der Waals surface area (Å²) in [6.07, 6.45) is 13.0. The van der Waals surface area contributed by atoms with Crippen LogP contribution < -0.4 is 0 Å². The summed E-state index contributed by atoms with van der Waals surface area (Å²) in [7, 11) is 2.14. The Kier molecular flexibility index (Phi) is 8.47. The van der Waals surface area contributed by atoms with Crippen LogP contribution in [0.5, 0.6) is 0 Å². The minimum Gasteiger partial charge on any atom is -0.360 e. The van der Waals surface area contributed by atoms with Gasteiger partial charge in [0.1, 0.15) is 0 Å². The molecule has 0 saturated carbocycles. The van der Waals surface area contributed by atoms with Gasteiger partial charge in [-0.2, -0.15) is 0 Å². The highest BCUT2D eigenvalue weighted by molar-refractivity contribution is 5.84. The van der Waals surface area contributed by atoms with Crippen molar-refractivity contribution < 1.29 is 0 Å². The topological polar surface area (TPSA) is 50.0 Å². The summed E-state index contributed by atoms with van der Waals surface area (Å²) < 4.78 is 0. The molecule has 0 aromatic rings. The van der Waals surface area contributed by atoms with Crippen LogP contribution in [0.2, 0.25) is 0 Å². The third-order valence-corrected chi connectivity index (χ3v) is 7.03. The van der Waals surface area contributed by atoms with Gasteiger partial charge in [-0.05, 0) is 44.9 Å². The molecule has 6 heterocycles. The van der Waals surface area contributed by atoms with Crippen molar-refractivity contribution in [2.24, 2.45) is 15.0 Å². The van der Waals surface area contributed by atoms with E-state index in [9.17, 15) is 0 Å². The molecule has 0 N–H and O–H groups in total. The second-order valence-corrected chi connectivity index (χ2v) is 9.49. The maximum absolute atomic E-state index is 4.55. The highest BCUT2D eigenvalue weighted by atomic mass is 15.4. The van der Waals surface area contributed by atoms with Crippen molar-refractivity contribution in [2.75, 3.05) is 72.5 Å². The molecule has 174 valence electrons. The summed E-state index contributed by atoms with van der Waals surface area (Å²) in [5.41, 5.74) is 0. The van der Waals surface area contributed by atoms with Crippen molar-refractivity contribution in [3.63, 3.8) is 0 Å². The average molecular weight is 430 g/mol. The molecule has 0 aliphatic carbocycles.